The molecule has 0 aromatic heterocycles. The molecule has 0 aliphatic rings. The molecule has 2 N–H and O–H groups in total. The molecule has 1 aromatic carbocycles. The van der Waals surface area contributed by atoms with Crippen LogP contribution in [0.3, 0.4) is 0 Å². The molecule has 1 atom stereocenters. The smallest absolute Gasteiger partial charge is 0.161 e. The van der Waals surface area contributed by atoms with Gasteiger partial charge in [-0.3, -0.25) is 0 Å². The topological polar surface area (TPSA) is 50.7 Å². The molecule has 4 heteroatoms. The average Bonchev–Trinajstić information content (AvgIpc) is 2.51. The van der Waals surface area contributed by atoms with Gasteiger partial charge in [-0.15, -0.1) is 0 Å². The van der Waals surface area contributed by atoms with E-state index in [0.29, 0.717) is 6.61 Å². The molecule has 1 rings (SSSR count). The molecular formula is C16H27NO3. The fraction of sp³-hybridized carbons (Fsp3) is 0.625. The minimum Gasteiger partial charge on any atom is -0.493 e. The lowest BCUT2D eigenvalue weighted by Crippen LogP contribution is -2.48. The van der Waals surface area contributed by atoms with Crippen molar-refractivity contribution in [2.24, 2.45) is 0 Å². The first kappa shape index (κ1) is 16.8. The van der Waals surface area contributed by atoms with Crippen molar-refractivity contribution < 1.29 is 14.6 Å². The lowest BCUT2D eigenvalue weighted by atomic mass is 9.91. The quantitative estimate of drug-likeness (QED) is 0.647. The molecule has 0 amide bonds. The second-order valence-electron chi connectivity index (χ2n) is 4.93. The van der Waals surface area contributed by atoms with Crippen molar-refractivity contribution in [1.82, 2.24) is 5.32 Å². The Morgan fingerprint density at radius 3 is 2.45 bits per heavy atom. The van der Waals surface area contributed by atoms with Crippen LogP contribution in [0.1, 0.15) is 33.1 Å². The van der Waals surface area contributed by atoms with Crippen LogP contribution in [-0.4, -0.2) is 37.5 Å². The first-order valence-electron chi connectivity index (χ1n) is 7.33. The Bertz CT molecular complexity index is 378. The van der Waals surface area contributed by atoms with Crippen LogP contribution in [0.2, 0.25) is 0 Å². The predicted octanol–water partition coefficient (Wildman–Crippen LogP) is 2.60. The summed E-state index contributed by atoms with van der Waals surface area (Å²) in [4.78, 5) is 0. The standard InChI is InChI=1S/C16H27NO3/c1-4-16(13-18,17-5-2)11-8-12-20-15-10-7-6-9-14(15)19-3/h6-7,9-10,17-18H,4-5,8,11-13H2,1-3H3. The largest absolute Gasteiger partial charge is 0.493 e. The average molecular weight is 281 g/mol. The Morgan fingerprint density at radius 2 is 1.90 bits per heavy atom. The maximum atomic E-state index is 9.58. The van der Waals surface area contributed by atoms with Gasteiger partial charge in [-0.1, -0.05) is 26.0 Å². The first-order valence-corrected chi connectivity index (χ1v) is 7.33. The van der Waals surface area contributed by atoms with E-state index in [4.69, 9.17) is 9.47 Å². The second-order valence-corrected chi connectivity index (χ2v) is 4.93. The highest BCUT2D eigenvalue weighted by molar-refractivity contribution is 5.39. The number of methoxy groups -OCH3 is 1. The molecule has 0 saturated heterocycles. The van der Waals surface area contributed by atoms with Crippen molar-refractivity contribution in [3.63, 3.8) is 0 Å². The lowest BCUT2D eigenvalue weighted by Gasteiger charge is -2.31. The third kappa shape index (κ3) is 4.69. The van der Waals surface area contributed by atoms with Crippen molar-refractivity contribution in [2.75, 3.05) is 26.9 Å². The van der Waals surface area contributed by atoms with Crippen LogP contribution in [0, 0.1) is 0 Å². The van der Waals surface area contributed by atoms with Crippen LogP contribution in [0.25, 0.3) is 0 Å². The minimum atomic E-state index is -0.182. The van der Waals surface area contributed by atoms with Crippen LogP contribution >= 0.6 is 0 Å². The molecule has 0 spiro atoms. The zero-order valence-electron chi connectivity index (χ0n) is 12.8. The van der Waals surface area contributed by atoms with Crippen LogP contribution in [0.15, 0.2) is 24.3 Å². The number of rotatable bonds is 10. The predicted molar refractivity (Wildman–Crippen MR) is 81.5 cm³/mol. The molecule has 0 saturated carbocycles. The molecule has 1 unspecified atom stereocenters. The van der Waals surface area contributed by atoms with E-state index >= 15 is 0 Å². The van der Waals surface area contributed by atoms with E-state index in [-0.39, 0.29) is 12.1 Å². The molecule has 4 nitrogen and oxygen atoms in total. The summed E-state index contributed by atoms with van der Waals surface area (Å²) >= 11 is 0. The monoisotopic (exact) mass is 281 g/mol. The van der Waals surface area contributed by atoms with Crippen molar-refractivity contribution in [1.29, 1.82) is 0 Å². The third-order valence-electron chi connectivity index (χ3n) is 3.66. The number of likely N-dealkylation sites (N-methyl/N-ethyl adjacent to an activating group) is 1. The van der Waals surface area contributed by atoms with Gasteiger partial charge in [0.1, 0.15) is 0 Å². The number of hydrogen-bond donors (Lipinski definition) is 2. The number of hydrogen-bond acceptors (Lipinski definition) is 4. The van der Waals surface area contributed by atoms with Crippen LogP contribution in [0.5, 0.6) is 11.5 Å². The van der Waals surface area contributed by atoms with Gasteiger partial charge in [0.15, 0.2) is 11.5 Å². The number of aliphatic hydroxyl groups is 1. The zero-order chi connectivity index (χ0) is 14.8. The Kier molecular flexibility index (Phi) is 7.41. The molecular weight excluding hydrogens is 254 g/mol. The molecule has 0 aliphatic carbocycles. The van der Waals surface area contributed by atoms with Crippen LogP contribution in [-0.2, 0) is 0 Å². The number of para-hydroxylation sites is 2. The molecule has 114 valence electrons. The number of aliphatic hydroxyl groups excluding tert-OH is 1. The van der Waals surface area contributed by atoms with Crippen LogP contribution < -0.4 is 14.8 Å². The Labute approximate surface area is 122 Å². The van der Waals surface area contributed by atoms with Gasteiger partial charge in [0, 0.05) is 5.54 Å². The maximum absolute atomic E-state index is 9.58. The zero-order valence-corrected chi connectivity index (χ0v) is 12.8. The van der Waals surface area contributed by atoms with Gasteiger partial charge in [-0.05, 0) is 37.9 Å². The van der Waals surface area contributed by atoms with E-state index in [2.05, 4.69) is 19.2 Å². The van der Waals surface area contributed by atoms with Gasteiger partial charge < -0.3 is 19.9 Å². The fourth-order valence-corrected chi connectivity index (χ4v) is 2.34. The van der Waals surface area contributed by atoms with Crippen molar-refractivity contribution in [2.45, 2.75) is 38.6 Å². The van der Waals surface area contributed by atoms with Crippen LogP contribution in [0.4, 0.5) is 0 Å². The maximum Gasteiger partial charge on any atom is 0.161 e. The van der Waals surface area contributed by atoms with Gasteiger partial charge in [0.05, 0.1) is 20.3 Å². The summed E-state index contributed by atoms with van der Waals surface area (Å²) in [7, 11) is 1.64. The normalized spacial score (nSPS) is 13.8. The van der Waals surface area contributed by atoms with E-state index in [9.17, 15) is 5.11 Å². The lowest BCUT2D eigenvalue weighted by molar-refractivity contribution is 0.139. The van der Waals surface area contributed by atoms with Gasteiger partial charge in [0.2, 0.25) is 0 Å². The fourth-order valence-electron chi connectivity index (χ4n) is 2.34. The first-order chi connectivity index (χ1) is 9.71. The van der Waals surface area contributed by atoms with Gasteiger partial charge in [0.25, 0.3) is 0 Å². The molecule has 0 radical (unpaired) electrons. The van der Waals surface area contributed by atoms with E-state index in [1.165, 1.54) is 0 Å². The Hall–Kier alpha value is -1.26. The van der Waals surface area contributed by atoms with Gasteiger partial charge in [-0.2, -0.15) is 0 Å². The highest BCUT2D eigenvalue weighted by atomic mass is 16.5. The second kappa shape index (κ2) is 8.82. The van der Waals surface area contributed by atoms with Gasteiger partial charge >= 0.3 is 0 Å². The molecule has 0 bridgehead atoms. The molecule has 0 heterocycles. The highest BCUT2D eigenvalue weighted by Crippen LogP contribution is 2.26. The number of ether oxygens (including phenoxy) is 2. The van der Waals surface area contributed by atoms with E-state index in [1.807, 2.05) is 24.3 Å². The minimum absolute atomic E-state index is 0.159. The molecule has 0 aliphatic heterocycles. The third-order valence-corrected chi connectivity index (χ3v) is 3.66. The Balaban J connectivity index is 2.44. The molecule has 0 fully saturated rings. The molecule has 20 heavy (non-hydrogen) atoms. The summed E-state index contributed by atoms with van der Waals surface area (Å²) < 4.78 is 11.0. The Morgan fingerprint density at radius 1 is 1.20 bits per heavy atom. The molecule has 1 aromatic rings. The summed E-state index contributed by atoms with van der Waals surface area (Å²) in [6, 6.07) is 7.64. The SMILES string of the molecule is CCNC(CC)(CO)CCCOc1ccccc1OC. The van der Waals surface area contributed by atoms with Crippen molar-refractivity contribution in [3.05, 3.63) is 24.3 Å². The van der Waals surface area contributed by atoms with E-state index < -0.39 is 0 Å². The number of nitrogens with one attached hydrogen (secondary N) is 1. The summed E-state index contributed by atoms with van der Waals surface area (Å²) in [5.41, 5.74) is -0.182. The summed E-state index contributed by atoms with van der Waals surface area (Å²) in [5, 5.41) is 13.0. The summed E-state index contributed by atoms with van der Waals surface area (Å²) in [6.45, 7) is 5.80. The summed E-state index contributed by atoms with van der Waals surface area (Å²) in [6.07, 6.45) is 2.69. The van der Waals surface area contributed by atoms with Gasteiger partial charge in [-0.25, -0.2) is 0 Å². The summed E-state index contributed by atoms with van der Waals surface area (Å²) in [5.74, 6) is 1.52. The van der Waals surface area contributed by atoms with Crippen molar-refractivity contribution in [3.8, 4) is 11.5 Å². The highest BCUT2D eigenvalue weighted by Gasteiger charge is 2.25. The van der Waals surface area contributed by atoms with E-state index in [1.54, 1.807) is 7.11 Å². The van der Waals surface area contributed by atoms with Crippen molar-refractivity contribution >= 4 is 0 Å². The number of benzene rings is 1. The van der Waals surface area contributed by atoms with E-state index in [0.717, 1.165) is 37.3 Å².